The number of nitrogens with zero attached hydrogens (tertiary/aromatic N) is 2. The molecule has 0 aromatic heterocycles. The Hall–Kier alpha value is -0.910. The number of hydrogen-bond donors (Lipinski definition) is 2. The van der Waals surface area contributed by atoms with Crippen molar-refractivity contribution in [3.63, 3.8) is 0 Å². The Morgan fingerprint density at radius 3 is 3.12 bits per heavy atom. The van der Waals surface area contributed by atoms with Crippen molar-refractivity contribution in [2.75, 3.05) is 18.1 Å². The zero-order valence-electron chi connectivity index (χ0n) is 8.83. The molecule has 2 aliphatic rings. The number of amides is 1. The molecule has 2 rings (SSSR count). The Kier molecular flexibility index (Phi) is 3.25. The lowest BCUT2D eigenvalue weighted by atomic mass is 9.89. The number of rotatable bonds is 3. The van der Waals surface area contributed by atoms with Crippen molar-refractivity contribution in [3.8, 4) is 5.40 Å². The maximum atomic E-state index is 11.5. The number of aliphatic carboxylic acids is 1. The van der Waals surface area contributed by atoms with Crippen LogP contribution in [-0.4, -0.2) is 51.3 Å². The van der Waals surface area contributed by atoms with Gasteiger partial charge in [-0.2, -0.15) is 5.26 Å². The molecule has 92 valence electrons. The molecule has 6 nitrogen and oxygen atoms in total. The summed E-state index contributed by atoms with van der Waals surface area (Å²) in [6.45, 7) is 0.154. The lowest BCUT2D eigenvalue weighted by Crippen LogP contribution is -2.72. The molecule has 0 saturated carbocycles. The number of hydrogen-bond acceptors (Lipinski definition) is 6. The van der Waals surface area contributed by atoms with Crippen molar-refractivity contribution >= 4 is 35.4 Å². The number of nitrogens with two attached hydrogens (primary N) is 1. The molecule has 8 heteroatoms. The molecule has 0 radical (unpaired) electrons. The number of carbonyl (C=O) groups excluding carboxylic acids is 1. The number of thiocyanates is 1. The Morgan fingerprint density at radius 2 is 2.53 bits per heavy atom. The Bertz CT molecular complexity index is 411. The van der Waals surface area contributed by atoms with E-state index in [-0.39, 0.29) is 23.6 Å². The van der Waals surface area contributed by atoms with Crippen LogP contribution in [0, 0.1) is 16.1 Å². The van der Waals surface area contributed by atoms with Crippen LogP contribution in [0.1, 0.15) is 0 Å². The molecule has 0 aromatic rings. The van der Waals surface area contributed by atoms with Crippen LogP contribution in [0.25, 0.3) is 0 Å². The van der Waals surface area contributed by atoms with Gasteiger partial charge >= 0.3 is 5.97 Å². The van der Waals surface area contributed by atoms with E-state index < -0.39 is 17.4 Å². The van der Waals surface area contributed by atoms with Crippen LogP contribution in [0.2, 0.25) is 0 Å². The van der Waals surface area contributed by atoms with Gasteiger partial charge in [0.05, 0.1) is 0 Å². The molecule has 0 aliphatic carbocycles. The zero-order chi connectivity index (χ0) is 12.6. The van der Waals surface area contributed by atoms with E-state index >= 15 is 0 Å². The minimum Gasteiger partial charge on any atom is -0.481 e. The third-order valence-electron chi connectivity index (χ3n) is 3.05. The van der Waals surface area contributed by atoms with Crippen molar-refractivity contribution < 1.29 is 14.7 Å². The van der Waals surface area contributed by atoms with Crippen molar-refractivity contribution in [1.82, 2.24) is 4.90 Å². The maximum absolute atomic E-state index is 11.5. The summed E-state index contributed by atoms with van der Waals surface area (Å²) in [5.41, 5.74) is 4.59. The molecule has 3 atom stereocenters. The van der Waals surface area contributed by atoms with E-state index in [0.717, 1.165) is 11.8 Å². The van der Waals surface area contributed by atoms with Crippen LogP contribution >= 0.6 is 23.5 Å². The van der Waals surface area contributed by atoms with E-state index in [1.54, 1.807) is 0 Å². The van der Waals surface area contributed by atoms with Gasteiger partial charge in [-0.25, -0.2) is 0 Å². The Morgan fingerprint density at radius 1 is 1.82 bits per heavy atom. The lowest BCUT2D eigenvalue weighted by Gasteiger charge is -2.52. The summed E-state index contributed by atoms with van der Waals surface area (Å²) in [6, 6.07) is -0.504. The van der Waals surface area contributed by atoms with Gasteiger partial charge in [0.15, 0.2) is 0 Å². The molecule has 2 unspecified atom stereocenters. The normalized spacial score (nSPS) is 35.8. The fourth-order valence-electron chi connectivity index (χ4n) is 1.98. The molecule has 0 spiro atoms. The first-order valence-electron chi connectivity index (χ1n) is 4.94. The molecule has 2 saturated heterocycles. The molecular weight excluding hydrogens is 262 g/mol. The number of thioether (sulfide) groups is 2. The average molecular weight is 273 g/mol. The van der Waals surface area contributed by atoms with Gasteiger partial charge in [0.2, 0.25) is 5.91 Å². The highest BCUT2D eigenvalue weighted by Crippen LogP contribution is 2.42. The first kappa shape index (κ1) is 12.5. The van der Waals surface area contributed by atoms with E-state index in [9.17, 15) is 14.7 Å². The van der Waals surface area contributed by atoms with Gasteiger partial charge in [-0.05, 0) is 11.8 Å². The van der Waals surface area contributed by atoms with E-state index in [1.807, 2.05) is 5.40 Å². The summed E-state index contributed by atoms with van der Waals surface area (Å²) >= 11 is 2.30. The minimum absolute atomic E-state index is 0.0953. The summed E-state index contributed by atoms with van der Waals surface area (Å²) < 4.78 is 0. The van der Waals surface area contributed by atoms with Gasteiger partial charge in [0.25, 0.3) is 0 Å². The SMILES string of the molecule is N#CSCC1(C(=O)O)CS[C@@H]2C(N)C(=O)N2C1. The van der Waals surface area contributed by atoms with Gasteiger partial charge in [-0.15, -0.1) is 11.8 Å². The van der Waals surface area contributed by atoms with Gasteiger partial charge in [-0.3, -0.25) is 9.59 Å². The van der Waals surface area contributed by atoms with Crippen molar-refractivity contribution in [1.29, 1.82) is 5.26 Å². The van der Waals surface area contributed by atoms with Crippen molar-refractivity contribution in [2.24, 2.45) is 11.1 Å². The molecule has 2 heterocycles. The minimum atomic E-state index is -1.03. The Labute approximate surface area is 107 Å². The highest BCUT2D eigenvalue weighted by atomic mass is 32.2. The second kappa shape index (κ2) is 4.40. The molecule has 1 amide bonds. The molecule has 3 N–H and O–H groups in total. The monoisotopic (exact) mass is 273 g/mol. The summed E-state index contributed by atoms with van der Waals surface area (Å²) in [4.78, 5) is 24.3. The topological polar surface area (TPSA) is 107 Å². The van der Waals surface area contributed by atoms with Gasteiger partial charge in [0, 0.05) is 18.1 Å². The van der Waals surface area contributed by atoms with E-state index in [2.05, 4.69) is 0 Å². The van der Waals surface area contributed by atoms with Crippen LogP contribution in [0.15, 0.2) is 0 Å². The largest absolute Gasteiger partial charge is 0.481 e. The molecular formula is C9H11N3O3S2. The maximum Gasteiger partial charge on any atom is 0.313 e. The highest BCUT2D eigenvalue weighted by molar-refractivity contribution is 8.04. The third kappa shape index (κ3) is 1.88. The van der Waals surface area contributed by atoms with E-state index in [4.69, 9.17) is 11.0 Å². The standard InChI is InChI=1S/C9H11N3O3S2/c10-4-16-2-9(8(14)15)1-12-6(13)5(11)7(12)17-3-9/h5,7H,1-3,11H2,(H,14,15)/t5?,7-,9?/m1/s1. The average Bonchev–Trinajstić information content (AvgIpc) is 2.34. The van der Waals surface area contributed by atoms with Gasteiger partial charge in [-0.1, -0.05) is 0 Å². The smallest absolute Gasteiger partial charge is 0.313 e. The summed E-state index contributed by atoms with van der Waals surface area (Å²) in [5, 5.41) is 19.6. The predicted molar refractivity (Wildman–Crippen MR) is 64.1 cm³/mol. The first-order chi connectivity index (χ1) is 8.02. The highest BCUT2D eigenvalue weighted by Gasteiger charge is 2.55. The summed E-state index contributed by atoms with van der Waals surface area (Å²) in [5.74, 6) is -0.578. The quantitative estimate of drug-likeness (QED) is 0.528. The summed E-state index contributed by atoms with van der Waals surface area (Å²) in [6.07, 6.45) is 0. The third-order valence-corrected chi connectivity index (χ3v) is 5.49. The van der Waals surface area contributed by atoms with Crippen molar-refractivity contribution in [2.45, 2.75) is 11.4 Å². The predicted octanol–water partition coefficient (Wildman–Crippen LogP) is -0.486. The fraction of sp³-hybridized carbons (Fsp3) is 0.667. The molecule has 0 aromatic carbocycles. The number of carboxylic acid groups (broad SMARTS) is 1. The van der Waals surface area contributed by atoms with Crippen LogP contribution in [0.3, 0.4) is 0 Å². The zero-order valence-corrected chi connectivity index (χ0v) is 10.5. The second-order valence-electron chi connectivity index (χ2n) is 4.16. The lowest BCUT2D eigenvalue weighted by molar-refractivity contribution is -0.155. The van der Waals surface area contributed by atoms with Gasteiger partial charge < -0.3 is 15.7 Å². The van der Waals surface area contributed by atoms with Crippen LogP contribution in [-0.2, 0) is 9.59 Å². The number of carbonyl (C=O) groups is 2. The number of carboxylic acids is 1. The fourth-order valence-corrected chi connectivity index (χ4v) is 4.25. The molecule has 17 heavy (non-hydrogen) atoms. The second-order valence-corrected chi connectivity index (χ2v) is 6.02. The molecule has 2 aliphatic heterocycles. The first-order valence-corrected chi connectivity index (χ1v) is 6.97. The number of nitriles is 1. The van der Waals surface area contributed by atoms with Gasteiger partial charge in [0.1, 0.15) is 22.2 Å². The van der Waals surface area contributed by atoms with Crippen LogP contribution < -0.4 is 5.73 Å². The molecule has 2 fully saturated rings. The van der Waals surface area contributed by atoms with E-state index in [0.29, 0.717) is 5.75 Å². The number of fused-ring (bicyclic) bond motifs is 1. The summed E-state index contributed by atoms with van der Waals surface area (Å²) in [7, 11) is 0. The molecule has 0 bridgehead atoms. The van der Waals surface area contributed by atoms with Crippen molar-refractivity contribution in [3.05, 3.63) is 0 Å². The number of β-lactam (4-membered cyclic amide) rings is 1. The van der Waals surface area contributed by atoms with Crippen LogP contribution in [0.4, 0.5) is 0 Å². The van der Waals surface area contributed by atoms with Crippen LogP contribution in [0.5, 0.6) is 0 Å². The Balaban J connectivity index is 2.13. The van der Waals surface area contributed by atoms with E-state index in [1.165, 1.54) is 16.7 Å².